The van der Waals surface area contributed by atoms with E-state index in [0.717, 1.165) is 38.5 Å². The standard InChI is InChI=1S/C33H58O5.Ac/c1-21(2)11-10-12-22(3)29-25-17-28(38-20-36-9)30-31(5)15-14-27(37-19-35-8)23(4)24(31)13-16-32(30,6)33(25,7)18-26(29)34;/h11,22-30,34H,10,12-20H2,1-9H3;/t22-,23?,24?,25?,26-,27+,28+,29?,30?,31-,32?,33-;/m0./s1. The first-order chi connectivity index (χ1) is 17.9. The number of aliphatic hydroxyl groups is 1. The molecule has 1 radical (unpaired) electrons. The largest absolute Gasteiger partial charge is 0.393 e. The molecular formula is C33H58AcO5. The summed E-state index contributed by atoms with van der Waals surface area (Å²) < 4.78 is 23.6. The molecule has 5 nitrogen and oxygen atoms in total. The second-order valence-electron chi connectivity index (χ2n) is 14.6. The zero-order valence-corrected chi connectivity index (χ0v) is 31.2. The zero-order valence-electron chi connectivity index (χ0n) is 26.5. The fraction of sp³-hybridized carbons (Fsp3) is 0.939. The van der Waals surface area contributed by atoms with Gasteiger partial charge in [0, 0.05) is 58.3 Å². The Morgan fingerprint density at radius 3 is 2.21 bits per heavy atom. The molecule has 6 unspecified atom stereocenters. The maximum Gasteiger partial charge on any atom is 0.146 e. The van der Waals surface area contributed by atoms with Crippen LogP contribution in [0.4, 0.5) is 0 Å². The topological polar surface area (TPSA) is 57.2 Å². The number of hydrogen-bond donors (Lipinski definition) is 1. The van der Waals surface area contributed by atoms with Gasteiger partial charge < -0.3 is 24.1 Å². The number of ether oxygens (including phenoxy) is 4. The molecular weight excluding hydrogens is 703 g/mol. The van der Waals surface area contributed by atoms with E-state index in [2.05, 4.69) is 54.5 Å². The Morgan fingerprint density at radius 1 is 0.949 bits per heavy atom. The van der Waals surface area contributed by atoms with E-state index in [1.165, 1.54) is 18.4 Å². The molecule has 223 valence electrons. The average Bonchev–Trinajstić information content (AvgIpc) is 3.12. The third kappa shape index (κ3) is 6.17. The minimum absolute atomic E-state index is 0. The molecule has 1 N–H and O–H groups in total. The van der Waals surface area contributed by atoms with Crippen LogP contribution in [0, 0.1) is 95.8 Å². The third-order valence-electron chi connectivity index (χ3n) is 12.6. The molecule has 4 aliphatic carbocycles. The Morgan fingerprint density at radius 2 is 1.59 bits per heavy atom. The van der Waals surface area contributed by atoms with Crippen molar-refractivity contribution in [3.05, 3.63) is 11.6 Å². The van der Waals surface area contributed by atoms with Gasteiger partial charge in [-0.3, -0.25) is 0 Å². The Kier molecular flexibility index (Phi) is 12.1. The number of allylic oxidation sites excluding steroid dienone is 2. The van der Waals surface area contributed by atoms with Gasteiger partial charge in [-0.1, -0.05) is 46.3 Å². The van der Waals surface area contributed by atoms with E-state index >= 15 is 0 Å². The van der Waals surface area contributed by atoms with Gasteiger partial charge in [-0.15, -0.1) is 0 Å². The first-order valence-corrected chi connectivity index (χ1v) is 15.5. The molecule has 0 amide bonds. The number of aliphatic hydroxyl groups excluding tert-OH is 1. The zero-order chi connectivity index (χ0) is 27.9. The van der Waals surface area contributed by atoms with Gasteiger partial charge in [0.25, 0.3) is 0 Å². The Balaban J connectivity index is 0.00000420. The van der Waals surface area contributed by atoms with Crippen molar-refractivity contribution in [1.29, 1.82) is 0 Å². The molecule has 0 aromatic carbocycles. The molecule has 0 aromatic heterocycles. The molecule has 0 aromatic rings. The molecule has 4 rings (SSSR count). The smallest absolute Gasteiger partial charge is 0.146 e. The van der Waals surface area contributed by atoms with E-state index < -0.39 is 0 Å². The van der Waals surface area contributed by atoms with Crippen molar-refractivity contribution in [3.63, 3.8) is 0 Å². The maximum atomic E-state index is 11.7. The molecule has 12 atom stereocenters. The van der Waals surface area contributed by atoms with Crippen LogP contribution in [-0.4, -0.2) is 51.2 Å². The van der Waals surface area contributed by atoms with Crippen molar-refractivity contribution in [2.24, 2.45) is 51.8 Å². The summed E-state index contributed by atoms with van der Waals surface area (Å²) in [5, 5.41) is 11.7. The van der Waals surface area contributed by atoms with Crippen LogP contribution in [0.25, 0.3) is 0 Å². The van der Waals surface area contributed by atoms with Gasteiger partial charge in [0.15, 0.2) is 0 Å². The van der Waals surface area contributed by atoms with E-state index in [1.807, 2.05) is 0 Å². The predicted molar refractivity (Wildman–Crippen MR) is 152 cm³/mol. The number of hydrogen-bond acceptors (Lipinski definition) is 5. The molecule has 0 heterocycles. The van der Waals surface area contributed by atoms with E-state index in [9.17, 15) is 5.11 Å². The fourth-order valence-corrected chi connectivity index (χ4v) is 10.7. The molecule has 6 heteroatoms. The number of rotatable bonds is 10. The number of fused-ring (bicyclic) bond motifs is 5. The van der Waals surface area contributed by atoms with Gasteiger partial charge in [0.2, 0.25) is 0 Å². The summed E-state index contributed by atoms with van der Waals surface area (Å²) in [6, 6.07) is 0. The SMILES string of the molecule is COCO[C@@H]1CC[C@@]2(C)C(CCC3(C)C2[C@H](OCOC)CC2C([C@@H](C)CCC=C(C)C)[C@@H](O)C[C@@]23C)C1C.[Ac]. The van der Waals surface area contributed by atoms with Crippen molar-refractivity contribution >= 4 is 0 Å². The monoisotopic (exact) mass is 761 g/mol. The normalized spacial score (nSPS) is 45.9. The second-order valence-corrected chi connectivity index (χ2v) is 14.6. The van der Waals surface area contributed by atoms with Crippen LogP contribution < -0.4 is 0 Å². The summed E-state index contributed by atoms with van der Waals surface area (Å²) in [5.74, 6) is 2.86. The van der Waals surface area contributed by atoms with Crippen LogP contribution in [0.2, 0.25) is 0 Å². The van der Waals surface area contributed by atoms with Crippen molar-refractivity contribution in [3.8, 4) is 0 Å². The number of methoxy groups -OCH3 is 2. The van der Waals surface area contributed by atoms with Gasteiger partial charge >= 0.3 is 0 Å². The van der Waals surface area contributed by atoms with Crippen LogP contribution in [-0.2, 0) is 18.9 Å². The fourth-order valence-electron chi connectivity index (χ4n) is 10.7. The van der Waals surface area contributed by atoms with Crippen LogP contribution in [0.1, 0.15) is 99.8 Å². The van der Waals surface area contributed by atoms with Crippen molar-refractivity contribution in [2.45, 2.75) is 118 Å². The van der Waals surface area contributed by atoms with Gasteiger partial charge in [0.05, 0.1) is 18.3 Å². The third-order valence-corrected chi connectivity index (χ3v) is 12.6. The van der Waals surface area contributed by atoms with Crippen LogP contribution in [0.15, 0.2) is 11.6 Å². The molecule has 0 aliphatic heterocycles. The molecule has 39 heavy (non-hydrogen) atoms. The molecule has 4 saturated carbocycles. The first kappa shape index (κ1) is 34.5. The minimum atomic E-state index is -0.229. The maximum absolute atomic E-state index is 11.7. The van der Waals surface area contributed by atoms with Gasteiger partial charge in [-0.2, -0.15) is 0 Å². The Hall–Kier alpha value is 0.982. The summed E-state index contributed by atoms with van der Waals surface area (Å²) in [7, 11) is 3.46. The Labute approximate surface area is 275 Å². The molecule has 4 fully saturated rings. The summed E-state index contributed by atoms with van der Waals surface area (Å²) in [6.07, 6.45) is 11.4. The van der Waals surface area contributed by atoms with Crippen LogP contribution >= 0.6 is 0 Å². The summed E-state index contributed by atoms with van der Waals surface area (Å²) in [4.78, 5) is 0. The van der Waals surface area contributed by atoms with E-state index in [4.69, 9.17) is 18.9 Å². The molecule has 0 saturated heterocycles. The molecule has 0 spiro atoms. The van der Waals surface area contributed by atoms with Crippen molar-refractivity contribution < 1.29 is 68.1 Å². The van der Waals surface area contributed by atoms with Gasteiger partial charge in [-0.05, 0) is 117 Å². The minimum Gasteiger partial charge on any atom is -0.393 e. The average molecular weight is 762 g/mol. The summed E-state index contributed by atoms with van der Waals surface area (Å²) in [6.45, 7) is 17.6. The van der Waals surface area contributed by atoms with Crippen LogP contribution in [0.3, 0.4) is 0 Å². The van der Waals surface area contributed by atoms with Crippen molar-refractivity contribution in [2.75, 3.05) is 27.8 Å². The summed E-state index contributed by atoms with van der Waals surface area (Å²) >= 11 is 0. The first-order valence-electron chi connectivity index (χ1n) is 15.5. The second kappa shape index (κ2) is 13.7. The quantitative estimate of drug-likeness (QED) is 0.188. The van der Waals surface area contributed by atoms with Crippen molar-refractivity contribution in [1.82, 2.24) is 0 Å². The van der Waals surface area contributed by atoms with Gasteiger partial charge in [0.1, 0.15) is 13.6 Å². The van der Waals surface area contributed by atoms with Crippen LogP contribution in [0.5, 0.6) is 0 Å². The molecule has 0 bridgehead atoms. The van der Waals surface area contributed by atoms with E-state index in [0.29, 0.717) is 49.1 Å². The molecule has 4 aliphatic rings. The summed E-state index contributed by atoms with van der Waals surface area (Å²) in [5.41, 5.74) is 1.80. The Bertz CT molecular complexity index is 831. The van der Waals surface area contributed by atoms with E-state index in [-0.39, 0.29) is 78.6 Å². The van der Waals surface area contributed by atoms with Gasteiger partial charge in [-0.25, -0.2) is 0 Å². The predicted octanol–water partition coefficient (Wildman–Crippen LogP) is 7.22. The van der Waals surface area contributed by atoms with E-state index in [1.54, 1.807) is 14.2 Å².